The molecule has 0 bridgehead atoms. The predicted molar refractivity (Wildman–Crippen MR) is 96.0 cm³/mol. The van der Waals surface area contributed by atoms with Gasteiger partial charge in [-0.05, 0) is 36.8 Å². The Hall–Kier alpha value is -3.96. The zero-order valence-corrected chi connectivity index (χ0v) is 15.4. The SMILES string of the molecule is Cc1cc(-c2noc(C(F)(F)F)n2)ccc1NC(=O)OCc1cccnc1C(N)=O. The summed E-state index contributed by atoms with van der Waals surface area (Å²) in [7, 11) is 0. The lowest BCUT2D eigenvalue weighted by atomic mass is 10.1. The van der Waals surface area contributed by atoms with Crippen molar-refractivity contribution in [3.63, 3.8) is 0 Å². The van der Waals surface area contributed by atoms with Gasteiger partial charge in [-0.2, -0.15) is 18.2 Å². The molecular formula is C18H14F3N5O4. The maximum Gasteiger partial charge on any atom is 0.471 e. The van der Waals surface area contributed by atoms with E-state index in [4.69, 9.17) is 10.5 Å². The van der Waals surface area contributed by atoms with Crippen molar-refractivity contribution in [2.75, 3.05) is 5.32 Å². The number of benzene rings is 1. The van der Waals surface area contributed by atoms with Crippen LogP contribution in [-0.4, -0.2) is 27.1 Å². The molecule has 0 spiro atoms. The number of nitrogens with two attached hydrogens (primary N) is 1. The van der Waals surface area contributed by atoms with Crippen LogP contribution in [-0.2, 0) is 17.5 Å². The summed E-state index contributed by atoms with van der Waals surface area (Å²) in [6.45, 7) is 1.38. The molecule has 0 saturated heterocycles. The van der Waals surface area contributed by atoms with E-state index in [1.165, 1.54) is 24.4 Å². The van der Waals surface area contributed by atoms with Crippen molar-refractivity contribution >= 4 is 17.7 Å². The van der Waals surface area contributed by atoms with E-state index < -0.39 is 24.1 Å². The summed E-state index contributed by atoms with van der Waals surface area (Å²) in [4.78, 5) is 30.5. The molecule has 3 N–H and O–H groups in total. The highest BCUT2D eigenvalue weighted by Crippen LogP contribution is 2.30. The molecule has 0 radical (unpaired) electrons. The highest BCUT2D eigenvalue weighted by Gasteiger charge is 2.38. The molecule has 156 valence electrons. The number of ether oxygens (including phenoxy) is 1. The normalized spacial score (nSPS) is 11.2. The number of rotatable bonds is 5. The molecule has 2 amide bonds. The standard InChI is InChI=1S/C18H14F3N5O4/c1-9-7-10(15-25-16(30-26-15)18(19,20)21)4-5-12(9)24-17(28)29-8-11-3-2-6-23-13(11)14(22)27/h2-7H,8H2,1H3,(H2,22,27)(H,24,28). The Morgan fingerprint density at radius 3 is 2.67 bits per heavy atom. The number of primary amides is 1. The molecule has 3 aromatic rings. The molecule has 12 heteroatoms. The van der Waals surface area contributed by atoms with Gasteiger partial charge in [-0.25, -0.2) is 4.79 Å². The van der Waals surface area contributed by atoms with Crippen LogP contribution in [0.1, 0.15) is 27.5 Å². The first-order valence-electron chi connectivity index (χ1n) is 8.34. The molecule has 2 heterocycles. The summed E-state index contributed by atoms with van der Waals surface area (Å²) in [6.07, 6.45) is -4.17. The van der Waals surface area contributed by atoms with Crippen LogP contribution in [0.25, 0.3) is 11.4 Å². The minimum atomic E-state index is -4.74. The predicted octanol–water partition coefficient (Wildman–Crippen LogP) is 3.31. The van der Waals surface area contributed by atoms with Gasteiger partial charge in [-0.3, -0.25) is 15.1 Å². The first-order chi connectivity index (χ1) is 14.1. The maximum atomic E-state index is 12.6. The first-order valence-corrected chi connectivity index (χ1v) is 8.34. The molecule has 3 rings (SSSR count). The van der Waals surface area contributed by atoms with Gasteiger partial charge in [0.2, 0.25) is 5.82 Å². The van der Waals surface area contributed by atoms with Gasteiger partial charge in [0.25, 0.3) is 5.91 Å². The summed E-state index contributed by atoms with van der Waals surface area (Å²) < 4.78 is 47.0. The number of alkyl halides is 3. The number of amides is 2. The fourth-order valence-corrected chi connectivity index (χ4v) is 2.47. The van der Waals surface area contributed by atoms with Crippen LogP contribution in [0.4, 0.5) is 23.7 Å². The molecule has 0 aliphatic heterocycles. The van der Waals surface area contributed by atoms with Crippen molar-refractivity contribution in [1.82, 2.24) is 15.1 Å². The first kappa shape index (κ1) is 20.8. The van der Waals surface area contributed by atoms with E-state index in [2.05, 4.69) is 25.0 Å². The van der Waals surface area contributed by atoms with Crippen LogP contribution < -0.4 is 11.1 Å². The van der Waals surface area contributed by atoms with E-state index in [1.807, 2.05) is 0 Å². The zero-order chi connectivity index (χ0) is 21.9. The Kier molecular flexibility index (Phi) is 5.67. The van der Waals surface area contributed by atoms with Crippen molar-refractivity contribution in [3.8, 4) is 11.4 Å². The van der Waals surface area contributed by atoms with Crippen molar-refractivity contribution in [3.05, 3.63) is 59.2 Å². The number of halogens is 3. The molecule has 30 heavy (non-hydrogen) atoms. The minimum Gasteiger partial charge on any atom is -0.444 e. The molecule has 0 atom stereocenters. The quantitative estimate of drug-likeness (QED) is 0.646. The summed E-state index contributed by atoms with van der Waals surface area (Å²) >= 11 is 0. The summed E-state index contributed by atoms with van der Waals surface area (Å²) in [5.41, 5.74) is 6.68. The average Bonchev–Trinajstić information content (AvgIpc) is 3.19. The lowest BCUT2D eigenvalue weighted by Gasteiger charge is -2.11. The number of anilines is 1. The van der Waals surface area contributed by atoms with Crippen molar-refractivity contribution in [2.45, 2.75) is 19.7 Å². The number of pyridine rings is 1. The third kappa shape index (κ3) is 4.71. The second-order valence-corrected chi connectivity index (χ2v) is 6.03. The van der Waals surface area contributed by atoms with Gasteiger partial charge in [-0.1, -0.05) is 11.2 Å². The Morgan fingerprint density at radius 2 is 2.03 bits per heavy atom. The number of nitrogens with one attached hydrogen (secondary N) is 1. The van der Waals surface area contributed by atoms with Crippen molar-refractivity contribution < 1.29 is 32.0 Å². The van der Waals surface area contributed by atoms with E-state index in [0.29, 0.717) is 16.8 Å². The molecule has 1 aromatic carbocycles. The topological polar surface area (TPSA) is 133 Å². The largest absolute Gasteiger partial charge is 0.471 e. The molecule has 2 aromatic heterocycles. The molecule has 9 nitrogen and oxygen atoms in total. The highest BCUT2D eigenvalue weighted by atomic mass is 19.4. The Labute approximate surface area is 167 Å². The summed E-state index contributed by atoms with van der Waals surface area (Å²) in [6, 6.07) is 7.45. The van der Waals surface area contributed by atoms with Gasteiger partial charge < -0.3 is 15.0 Å². The van der Waals surface area contributed by atoms with Crippen LogP contribution >= 0.6 is 0 Å². The maximum absolute atomic E-state index is 12.6. The fourth-order valence-electron chi connectivity index (χ4n) is 2.47. The van der Waals surface area contributed by atoms with Crippen molar-refractivity contribution in [1.29, 1.82) is 0 Å². The number of carbonyl (C=O) groups is 2. The van der Waals surface area contributed by atoms with Crippen molar-refractivity contribution in [2.24, 2.45) is 5.73 Å². The van der Waals surface area contributed by atoms with Crippen LogP contribution in [0.15, 0.2) is 41.1 Å². The lowest BCUT2D eigenvalue weighted by Crippen LogP contribution is -2.18. The number of aromatic nitrogens is 3. The van der Waals surface area contributed by atoms with E-state index in [-0.39, 0.29) is 23.7 Å². The second kappa shape index (κ2) is 8.19. The average molecular weight is 421 g/mol. The molecule has 0 fully saturated rings. The number of aryl methyl sites for hydroxylation is 1. The fraction of sp³-hybridized carbons (Fsp3) is 0.167. The van der Waals surface area contributed by atoms with Crippen LogP contribution in [0.5, 0.6) is 0 Å². The van der Waals surface area contributed by atoms with Gasteiger partial charge >= 0.3 is 18.2 Å². The third-order valence-corrected chi connectivity index (χ3v) is 3.87. The van der Waals surface area contributed by atoms with Crippen LogP contribution in [0.3, 0.4) is 0 Å². The smallest absolute Gasteiger partial charge is 0.444 e. The zero-order valence-electron chi connectivity index (χ0n) is 15.4. The highest BCUT2D eigenvalue weighted by molar-refractivity contribution is 5.92. The van der Waals surface area contributed by atoms with E-state index in [0.717, 1.165) is 0 Å². The summed E-state index contributed by atoms with van der Waals surface area (Å²) in [5.74, 6) is -2.45. The van der Waals surface area contributed by atoms with Crippen LogP contribution in [0, 0.1) is 6.92 Å². The van der Waals surface area contributed by atoms with Gasteiger partial charge in [0.05, 0.1) is 0 Å². The number of hydrogen-bond donors (Lipinski definition) is 2. The van der Waals surface area contributed by atoms with Gasteiger partial charge in [0.15, 0.2) is 0 Å². The van der Waals surface area contributed by atoms with E-state index in [1.54, 1.807) is 19.1 Å². The molecular weight excluding hydrogens is 407 g/mol. The van der Waals surface area contributed by atoms with Gasteiger partial charge in [-0.15, -0.1) is 0 Å². The monoisotopic (exact) mass is 421 g/mol. The molecule has 0 aliphatic carbocycles. The molecule has 0 unspecified atom stereocenters. The second-order valence-electron chi connectivity index (χ2n) is 6.03. The molecule has 0 aliphatic rings. The summed E-state index contributed by atoms with van der Waals surface area (Å²) in [5, 5.41) is 5.80. The Balaban J connectivity index is 1.67. The number of nitrogens with zero attached hydrogens (tertiary/aromatic N) is 3. The number of carbonyl (C=O) groups excluding carboxylic acids is 2. The van der Waals surface area contributed by atoms with Gasteiger partial charge in [0, 0.05) is 23.0 Å². The minimum absolute atomic E-state index is 0.0100. The lowest BCUT2D eigenvalue weighted by molar-refractivity contribution is -0.159. The number of hydrogen-bond acceptors (Lipinski definition) is 7. The van der Waals surface area contributed by atoms with E-state index >= 15 is 0 Å². The van der Waals surface area contributed by atoms with Gasteiger partial charge in [0.1, 0.15) is 12.3 Å². The molecule has 0 saturated carbocycles. The Morgan fingerprint density at radius 1 is 1.27 bits per heavy atom. The Bertz CT molecular complexity index is 1100. The van der Waals surface area contributed by atoms with Crippen LogP contribution in [0.2, 0.25) is 0 Å². The third-order valence-electron chi connectivity index (χ3n) is 3.87. The van der Waals surface area contributed by atoms with E-state index in [9.17, 15) is 22.8 Å².